The van der Waals surface area contributed by atoms with Crippen molar-refractivity contribution < 1.29 is 24.5 Å². The van der Waals surface area contributed by atoms with Crippen molar-refractivity contribution in [2.75, 3.05) is 4.90 Å². The predicted molar refractivity (Wildman–Crippen MR) is 132 cm³/mol. The fourth-order valence-electron chi connectivity index (χ4n) is 5.85. The molecular formula is C26H34N4O5. The number of carboxylic acids is 2. The average molecular weight is 483 g/mol. The Labute approximate surface area is 205 Å². The lowest BCUT2D eigenvalue weighted by Gasteiger charge is -2.53. The fraction of sp³-hybridized carbons (Fsp3) is 0.500. The number of nitrogens with two attached hydrogens (primary N) is 1. The monoisotopic (exact) mass is 482 g/mol. The molecule has 3 saturated carbocycles. The molecule has 0 amide bonds. The van der Waals surface area contributed by atoms with E-state index in [0.717, 1.165) is 56.8 Å². The Morgan fingerprint density at radius 1 is 1.06 bits per heavy atom. The number of ether oxygens (including phenoxy) is 1. The number of aliphatic carboxylic acids is 2. The van der Waals surface area contributed by atoms with Gasteiger partial charge in [-0.1, -0.05) is 12.1 Å². The van der Waals surface area contributed by atoms with Crippen LogP contribution < -0.4 is 10.7 Å². The van der Waals surface area contributed by atoms with Crippen molar-refractivity contribution in [3.05, 3.63) is 54.2 Å². The topological polar surface area (TPSA) is 129 Å². The minimum absolute atomic E-state index is 0.0257. The zero-order valence-corrected chi connectivity index (χ0v) is 20.5. The smallest absolute Gasteiger partial charge is 0.303 e. The van der Waals surface area contributed by atoms with E-state index in [9.17, 15) is 9.90 Å². The molecule has 5 aliphatic rings. The minimum atomic E-state index is -0.833. The Morgan fingerprint density at radius 2 is 1.63 bits per heavy atom. The molecule has 9 heteroatoms. The van der Waals surface area contributed by atoms with Gasteiger partial charge in [-0.15, -0.1) is 0 Å². The SMILES string of the molecule is CC(=O)O.CC1(C)N=C2OC=CN(N)C2=CN1c1ccc(C23CCC(CC(=O)O)(CC2)CC3)cc1. The molecule has 0 radical (unpaired) electrons. The second-order valence-electron chi connectivity index (χ2n) is 10.5. The van der Waals surface area contributed by atoms with E-state index in [1.165, 1.54) is 16.8 Å². The summed E-state index contributed by atoms with van der Waals surface area (Å²) in [5, 5.41) is 18.2. The third kappa shape index (κ3) is 4.91. The van der Waals surface area contributed by atoms with E-state index in [4.69, 9.17) is 25.5 Å². The molecule has 3 aliphatic carbocycles. The molecule has 2 bridgehead atoms. The van der Waals surface area contributed by atoms with E-state index in [2.05, 4.69) is 29.2 Å². The van der Waals surface area contributed by atoms with Crippen LogP contribution in [-0.4, -0.2) is 38.7 Å². The normalized spacial score (nSPS) is 28.1. The summed E-state index contributed by atoms with van der Waals surface area (Å²) in [7, 11) is 0. The van der Waals surface area contributed by atoms with Gasteiger partial charge >= 0.3 is 5.97 Å². The Balaban J connectivity index is 0.000000672. The van der Waals surface area contributed by atoms with Gasteiger partial charge in [0.15, 0.2) is 0 Å². The average Bonchev–Trinajstić information content (AvgIpc) is 2.79. The summed E-state index contributed by atoms with van der Waals surface area (Å²) < 4.78 is 5.55. The van der Waals surface area contributed by atoms with Gasteiger partial charge in [-0.25, -0.2) is 10.8 Å². The number of carboxylic acid groups (broad SMARTS) is 2. The number of rotatable bonds is 4. The number of benzene rings is 1. The summed E-state index contributed by atoms with van der Waals surface area (Å²) in [6.45, 7) is 5.18. The van der Waals surface area contributed by atoms with Crippen molar-refractivity contribution in [2.24, 2.45) is 16.3 Å². The molecule has 2 heterocycles. The van der Waals surface area contributed by atoms with Gasteiger partial charge < -0.3 is 19.8 Å². The summed E-state index contributed by atoms with van der Waals surface area (Å²) in [5.74, 6) is 5.11. The molecule has 9 nitrogen and oxygen atoms in total. The highest BCUT2D eigenvalue weighted by atomic mass is 16.5. The number of fused-ring (bicyclic) bond motifs is 4. The van der Waals surface area contributed by atoms with Crippen molar-refractivity contribution in [1.29, 1.82) is 0 Å². The van der Waals surface area contributed by atoms with Crippen LogP contribution in [0.3, 0.4) is 0 Å². The lowest BCUT2D eigenvalue weighted by Crippen LogP contribution is -2.47. The summed E-state index contributed by atoms with van der Waals surface area (Å²) in [6, 6.07) is 8.82. The summed E-state index contributed by atoms with van der Waals surface area (Å²) in [5.41, 5.74) is 2.86. The third-order valence-electron chi connectivity index (χ3n) is 7.80. The van der Waals surface area contributed by atoms with Crippen LogP contribution in [0.25, 0.3) is 0 Å². The Hall–Kier alpha value is -3.33. The predicted octanol–water partition coefficient (Wildman–Crippen LogP) is 4.32. The molecule has 3 fully saturated rings. The van der Waals surface area contributed by atoms with Crippen LogP contribution in [0.5, 0.6) is 0 Å². The number of hydrazine groups is 1. The van der Waals surface area contributed by atoms with Crippen molar-refractivity contribution >= 4 is 23.5 Å². The maximum absolute atomic E-state index is 11.3. The molecule has 0 aromatic heterocycles. The van der Waals surface area contributed by atoms with Gasteiger partial charge in [0, 0.05) is 18.8 Å². The Bertz CT molecular complexity index is 1060. The van der Waals surface area contributed by atoms with Crippen LogP contribution in [0.2, 0.25) is 0 Å². The Morgan fingerprint density at radius 3 is 2.17 bits per heavy atom. The molecule has 6 rings (SSSR count). The van der Waals surface area contributed by atoms with Crippen LogP contribution in [0.1, 0.15) is 71.3 Å². The van der Waals surface area contributed by atoms with Crippen molar-refractivity contribution in [2.45, 2.75) is 76.8 Å². The van der Waals surface area contributed by atoms with Crippen LogP contribution in [-0.2, 0) is 19.7 Å². The largest absolute Gasteiger partial charge is 0.481 e. The fourth-order valence-corrected chi connectivity index (χ4v) is 5.85. The standard InChI is InChI=1S/C24H30N4O3.C2H4O2/c1-22(2)26-21-19(28(25)13-14-31-21)16-27(22)18-5-3-17(4-6-18)24-10-7-23(8-11-24,9-12-24)15-20(29)30;1-2(3)4/h3-6,13-14,16H,7-12,15,25H2,1-2H3,(H,29,30);1H3,(H,3,4). The van der Waals surface area contributed by atoms with E-state index in [1.54, 1.807) is 6.20 Å². The molecule has 35 heavy (non-hydrogen) atoms. The van der Waals surface area contributed by atoms with E-state index in [-0.39, 0.29) is 10.8 Å². The second kappa shape index (κ2) is 9.03. The van der Waals surface area contributed by atoms with E-state index >= 15 is 0 Å². The highest BCUT2D eigenvalue weighted by Gasteiger charge is 2.50. The highest BCUT2D eigenvalue weighted by Crippen LogP contribution is 2.59. The number of hydrogen-bond donors (Lipinski definition) is 3. The molecule has 0 spiro atoms. The maximum atomic E-state index is 11.3. The van der Waals surface area contributed by atoms with Gasteiger partial charge in [-0.2, -0.15) is 0 Å². The molecule has 1 aromatic carbocycles. The lowest BCUT2D eigenvalue weighted by atomic mass is 9.51. The Kier molecular flexibility index (Phi) is 6.40. The zero-order chi connectivity index (χ0) is 25.4. The van der Waals surface area contributed by atoms with Crippen molar-refractivity contribution in [3.63, 3.8) is 0 Å². The van der Waals surface area contributed by atoms with Gasteiger partial charge in [0.25, 0.3) is 5.97 Å². The summed E-state index contributed by atoms with van der Waals surface area (Å²) >= 11 is 0. The van der Waals surface area contributed by atoms with Crippen LogP contribution in [0.4, 0.5) is 5.69 Å². The van der Waals surface area contributed by atoms with Crippen molar-refractivity contribution in [1.82, 2.24) is 5.01 Å². The third-order valence-corrected chi connectivity index (χ3v) is 7.80. The molecule has 0 atom stereocenters. The molecule has 188 valence electrons. The molecule has 2 aliphatic heterocycles. The number of anilines is 1. The first-order valence-corrected chi connectivity index (χ1v) is 12.0. The van der Waals surface area contributed by atoms with Crippen LogP contribution in [0, 0.1) is 5.41 Å². The first-order valence-electron chi connectivity index (χ1n) is 12.0. The van der Waals surface area contributed by atoms with Crippen LogP contribution >= 0.6 is 0 Å². The molecule has 4 N–H and O–H groups in total. The number of hydrogen-bond acceptors (Lipinski definition) is 7. The van der Waals surface area contributed by atoms with Gasteiger partial charge in [0.2, 0.25) is 5.90 Å². The summed E-state index contributed by atoms with van der Waals surface area (Å²) in [6.07, 6.45) is 11.8. The number of carbonyl (C=O) groups is 2. The first-order chi connectivity index (χ1) is 16.5. The molecule has 1 aromatic rings. The van der Waals surface area contributed by atoms with Gasteiger partial charge in [0.1, 0.15) is 17.6 Å². The zero-order valence-electron chi connectivity index (χ0n) is 20.5. The molecular weight excluding hydrogens is 448 g/mol. The molecule has 0 unspecified atom stereocenters. The van der Waals surface area contributed by atoms with Crippen molar-refractivity contribution in [3.8, 4) is 0 Å². The molecule has 0 saturated heterocycles. The number of nitrogens with zero attached hydrogens (tertiary/aromatic N) is 3. The second-order valence-corrected chi connectivity index (χ2v) is 10.5. The van der Waals surface area contributed by atoms with E-state index in [1.807, 2.05) is 20.0 Å². The highest BCUT2D eigenvalue weighted by molar-refractivity contribution is 5.96. The van der Waals surface area contributed by atoms with Gasteiger partial charge in [-0.3, -0.25) is 14.6 Å². The summed E-state index contributed by atoms with van der Waals surface area (Å²) in [4.78, 5) is 27.2. The maximum Gasteiger partial charge on any atom is 0.303 e. The number of aliphatic imine (C=N–C) groups is 1. The van der Waals surface area contributed by atoms with Crippen LogP contribution in [0.15, 0.2) is 53.6 Å². The quantitative estimate of drug-likeness (QED) is 0.541. The first kappa shape index (κ1) is 24.8. The lowest BCUT2D eigenvalue weighted by molar-refractivity contribution is -0.142. The van der Waals surface area contributed by atoms with Gasteiger partial charge in [-0.05, 0) is 80.9 Å². The van der Waals surface area contributed by atoms with E-state index in [0.29, 0.717) is 12.3 Å². The van der Waals surface area contributed by atoms with Gasteiger partial charge in [0.05, 0.1) is 12.6 Å². The minimum Gasteiger partial charge on any atom is -0.481 e. The van der Waals surface area contributed by atoms with E-state index < -0.39 is 17.6 Å².